The Balaban J connectivity index is 1.96. The second-order valence-electron chi connectivity index (χ2n) is 3.48. The van der Waals surface area contributed by atoms with Crippen molar-refractivity contribution in [2.45, 2.75) is 24.2 Å². The minimum atomic E-state index is 0.358. The number of hydrogen-bond acceptors (Lipinski definition) is 2. The van der Waals surface area contributed by atoms with Crippen LogP contribution in [0.3, 0.4) is 0 Å². The zero-order chi connectivity index (χ0) is 9.80. The van der Waals surface area contributed by atoms with Crippen LogP contribution in [0.1, 0.15) is 19.3 Å². The molecule has 1 aromatic rings. The predicted octanol–water partition coefficient (Wildman–Crippen LogP) is 3.19. The lowest BCUT2D eigenvalue weighted by atomic mass is 10.2. The Labute approximate surface area is 92.9 Å². The third-order valence-electron chi connectivity index (χ3n) is 2.35. The van der Waals surface area contributed by atoms with Gasteiger partial charge in [0.2, 0.25) is 0 Å². The molecule has 1 saturated heterocycles. The number of hydroxylamine groups is 2. The first-order valence-electron chi connectivity index (χ1n) is 5.00. The number of benzene rings is 1. The number of halogens is 1. The van der Waals surface area contributed by atoms with Gasteiger partial charge in [-0.1, -0.05) is 34.1 Å². The average Bonchev–Trinajstić information content (AvgIpc) is 2.23. The van der Waals surface area contributed by atoms with Crippen LogP contribution in [0, 0.1) is 0 Å². The molecule has 2 nitrogen and oxygen atoms in total. The second kappa shape index (κ2) is 4.80. The summed E-state index contributed by atoms with van der Waals surface area (Å²) in [7, 11) is 0. The molecular formula is C11H14BrNO. The Hall–Kier alpha value is -0.540. The van der Waals surface area contributed by atoms with Gasteiger partial charge in [-0.3, -0.25) is 0 Å². The van der Waals surface area contributed by atoms with Crippen LogP contribution >= 0.6 is 15.9 Å². The number of nitrogens with zero attached hydrogens (tertiary/aromatic N) is 1. The van der Waals surface area contributed by atoms with Crippen LogP contribution in [0.25, 0.3) is 0 Å². The molecular weight excluding hydrogens is 242 g/mol. The van der Waals surface area contributed by atoms with Gasteiger partial charge in [0.25, 0.3) is 0 Å². The zero-order valence-corrected chi connectivity index (χ0v) is 9.61. The SMILES string of the molecule is BrC1CCCCN1Oc1ccccc1. The highest BCUT2D eigenvalue weighted by atomic mass is 79.9. The summed E-state index contributed by atoms with van der Waals surface area (Å²) in [5.41, 5.74) is 0. The van der Waals surface area contributed by atoms with E-state index in [0.29, 0.717) is 4.95 Å². The summed E-state index contributed by atoms with van der Waals surface area (Å²) >= 11 is 3.61. The smallest absolute Gasteiger partial charge is 0.147 e. The van der Waals surface area contributed by atoms with Crippen molar-refractivity contribution in [3.05, 3.63) is 30.3 Å². The molecule has 0 N–H and O–H groups in total. The Morgan fingerprint density at radius 1 is 1.21 bits per heavy atom. The zero-order valence-electron chi connectivity index (χ0n) is 8.03. The van der Waals surface area contributed by atoms with Crippen molar-refractivity contribution in [3.8, 4) is 5.75 Å². The molecule has 0 aliphatic carbocycles. The summed E-state index contributed by atoms with van der Waals surface area (Å²) in [4.78, 5) is 6.11. The highest BCUT2D eigenvalue weighted by Gasteiger charge is 2.21. The van der Waals surface area contributed by atoms with Gasteiger partial charge in [0, 0.05) is 6.54 Å². The van der Waals surface area contributed by atoms with Crippen molar-refractivity contribution in [3.63, 3.8) is 0 Å². The van der Waals surface area contributed by atoms with Crippen molar-refractivity contribution in [1.82, 2.24) is 5.06 Å². The summed E-state index contributed by atoms with van der Waals surface area (Å²) in [6.45, 7) is 1.00. The Kier molecular flexibility index (Phi) is 3.43. The van der Waals surface area contributed by atoms with E-state index < -0.39 is 0 Å². The molecule has 1 fully saturated rings. The van der Waals surface area contributed by atoms with Crippen LogP contribution in [0.2, 0.25) is 0 Å². The highest BCUT2D eigenvalue weighted by molar-refractivity contribution is 9.09. The third kappa shape index (κ3) is 2.49. The Morgan fingerprint density at radius 3 is 2.71 bits per heavy atom. The van der Waals surface area contributed by atoms with E-state index in [1.54, 1.807) is 0 Å². The van der Waals surface area contributed by atoms with Crippen LogP contribution < -0.4 is 4.84 Å². The van der Waals surface area contributed by atoms with Crippen molar-refractivity contribution in [2.75, 3.05) is 6.54 Å². The Bertz CT molecular complexity index is 278. The summed E-state index contributed by atoms with van der Waals surface area (Å²) in [6.07, 6.45) is 3.66. The average molecular weight is 256 g/mol. The first-order chi connectivity index (χ1) is 6.86. The van der Waals surface area contributed by atoms with Gasteiger partial charge in [0.1, 0.15) is 10.7 Å². The molecule has 14 heavy (non-hydrogen) atoms. The maximum absolute atomic E-state index is 5.75. The van der Waals surface area contributed by atoms with Crippen LogP contribution in [0.15, 0.2) is 30.3 Å². The third-order valence-corrected chi connectivity index (χ3v) is 3.26. The minimum Gasteiger partial charge on any atom is -0.405 e. The lowest BCUT2D eigenvalue weighted by molar-refractivity contribution is -0.0820. The van der Waals surface area contributed by atoms with Gasteiger partial charge >= 0.3 is 0 Å². The number of rotatable bonds is 2. The quantitative estimate of drug-likeness (QED) is 0.595. The molecule has 1 aliphatic rings. The molecule has 1 heterocycles. The van der Waals surface area contributed by atoms with Gasteiger partial charge in [-0.2, -0.15) is 0 Å². The topological polar surface area (TPSA) is 12.5 Å². The lowest BCUT2D eigenvalue weighted by Gasteiger charge is -2.30. The first kappa shape index (κ1) is 9.99. The number of hydrogen-bond donors (Lipinski definition) is 0. The summed E-state index contributed by atoms with van der Waals surface area (Å²) < 4.78 is 0. The number of para-hydroxylation sites is 1. The molecule has 1 aromatic carbocycles. The fraction of sp³-hybridized carbons (Fsp3) is 0.455. The molecule has 2 rings (SSSR count). The number of piperidine rings is 1. The minimum absolute atomic E-state index is 0.358. The molecule has 0 spiro atoms. The number of alkyl halides is 1. The van der Waals surface area contributed by atoms with Crippen molar-refractivity contribution in [2.24, 2.45) is 0 Å². The van der Waals surface area contributed by atoms with E-state index in [-0.39, 0.29) is 0 Å². The molecule has 1 aliphatic heterocycles. The van der Waals surface area contributed by atoms with E-state index >= 15 is 0 Å². The maximum Gasteiger partial charge on any atom is 0.147 e. The molecule has 3 heteroatoms. The first-order valence-corrected chi connectivity index (χ1v) is 5.91. The van der Waals surface area contributed by atoms with Crippen LogP contribution in [-0.2, 0) is 0 Å². The van der Waals surface area contributed by atoms with Gasteiger partial charge < -0.3 is 4.84 Å². The molecule has 76 valence electrons. The van der Waals surface area contributed by atoms with E-state index in [0.717, 1.165) is 18.7 Å². The normalized spacial score (nSPS) is 23.4. The molecule has 1 atom stereocenters. The van der Waals surface area contributed by atoms with Crippen LogP contribution in [-0.4, -0.2) is 16.6 Å². The van der Waals surface area contributed by atoms with Crippen molar-refractivity contribution >= 4 is 15.9 Å². The largest absolute Gasteiger partial charge is 0.405 e. The standard InChI is InChI=1S/C11H14BrNO/c12-11-8-4-5-9-13(11)14-10-6-2-1-3-7-10/h1-3,6-7,11H,4-5,8-9H2. The molecule has 0 aromatic heterocycles. The predicted molar refractivity (Wildman–Crippen MR) is 60.3 cm³/mol. The second-order valence-corrected chi connectivity index (χ2v) is 4.53. The van der Waals surface area contributed by atoms with E-state index in [9.17, 15) is 0 Å². The fourth-order valence-corrected chi connectivity index (χ4v) is 2.20. The van der Waals surface area contributed by atoms with Crippen molar-refractivity contribution in [1.29, 1.82) is 0 Å². The van der Waals surface area contributed by atoms with Crippen LogP contribution in [0.4, 0.5) is 0 Å². The van der Waals surface area contributed by atoms with E-state index in [1.807, 2.05) is 35.4 Å². The highest BCUT2D eigenvalue weighted by Crippen LogP contribution is 2.23. The molecule has 0 amide bonds. The van der Waals surface area contributed by atoms with E-state index in [4.69, 9.17) is 4.84 Å². The Morgan fingerprint density at radius 2 is 2.00 bits per heavy atom. The maximum atomic E-state index is 5.75. The van der Waals surface area contributed by atoms with Gasteiger partial charge in [0.15, 0.2) is 0 Å². The lowest BCUT2D eigenvalue weighted by Crippen LogP contribution is -2.38. The summed E-state index contributed by atoms with van der Waals surface area (Å²) in [5.74, 6) is 0.916. The van der Waals surface area contributed by atoms with Crippen LogP contribution in [0.5, 0.6) is 5.75 Å². The molecule has 1 unspecified atom stereocenters. The fourth-order valence-electron chi connectivity index (χ4n) is 1.58. The summed E-state index contributed by atoms with van der Waals surface area (Å²) in [6, 6.07) is 9.93. The summed E-state index contributed by atoms with van der Waals surface area (Å²) in [5, 5.41) is 2.01. The van der Waals surface area contributed by atoms with Gasteiger partial charge in [-0.15, -0.1) is 5.06 Å². The van der Waals surface area contributed by atoms with Gasteiger partial charge in [-0.25, -0.2) is 0 Å². The molecule has 0 bridgehead atoms. The van der Waals surface area contributed by atoms with E-state index in [1.165, 1.54) is 12.8 Å². The monoisotopic (exact) mass is 255 g/mol. The molecule has 0 saturated carbocycles. The van der Waals surface area contributed by atoms with Gasteiger partial charge in [-0.05, 0) is 31.4 Å². The van der Waals surface area contributed by atoms with Crippen molar-refractivity contribution < 1.29 is 4.84 Å². The van der Waals surface area contributed by atoms with E-state index in [2.05, 4.69) is 15.9 Å². The molecule has 0 radical (unpaired) electrons. The van der Waals surface area contributed by atoms with Gasteiger partial charge in [0.05, 0.1) is 0 Å².